The number of aromatic nitrogens is 1. The molecule has 92 valence electrons. The van der Waals surface area contributed by atoms with Crippen molar-refractivity contribution in [3.8, 4) is 0 Å². The molecule has 0 atom stereocenters. The molecule has 3 nitrogen and oxygen atoms in total. The lowest BCUT2D eigenvalue weighted by atomic mass is 10.2. The lowest BCUT2D eigenvalue weighted by molar-refractivity contribution is 0.149. The Hall–Kier alpha value is -1.03. The summed E-state index contributed by atoms with van der Waals surface area (Å²) in [6, 6.07) is 5.91. The van der Waals surface area contributed by atoms with Gasteiger partial charge in [0.05, 0.1) is 6.61 Å². The first kappa shape index (κ1) is 12.4. The molecule has 1 aromatic heterocycles. The minimum absolute atomic E-state index is 0.755. The van der Waals surface area contributed by atoms with Gasteiger partial charge >= 0.3 is 0 Å². The van der Waals surface area contributed by atoms with E-state index >= 15 is 0 Å². The van der Waals surface area contributed by atoms with Crippen molar-refractivity contribution in [1.82, 2.24) is 10.3 Å². The Kier molecular flexibility index (Phi) is 4.42. The lowest BCUT2D eigenvalue weighted by Crippen LogP contribution is -2.19. The second kappa shape index (κ2) is 6.05. The van der Waals surface area contributed by atoms with Crippen LogP contribution in [0.25, 0.3) is 10.9 Å². The van der Waals surface area contributed by atoms with E-state index in [-0.39, 0.29) is 0 Å². The molecule has 17 heavy (non-hydrogen) atoms. The first-order valence-corrected chi connectivity index (χ1v) is 6.23. The van der Waals surface area contributed by atoms with Crippen LogP contribution in [0.2, 0.25) is 5.02 Å². The van der Waals surface area contributed by atoms with Crippen molar-refractivity contribution in [2.75, 3.05) is 19.8 Å². The molecule has 0 saturated heterocycles. The summed E-state index contributed by atoms with van der Waals surface area (Å²) in [6.45, 7) is 5.24. The molecule has 0 radical (unpaired) electrons. The maximum Gasteiger partial charge on any atom is 0.0590 e. The zero-order valence-corrected chi connectivity index (χ0v) is 10.7. The van der Waals surface area contributed by atoms with Crippen molar-refractivity contribution in [3.63, 3.8) is 0 Å². The normalized spacial score (nSPS) is 11.2. The highest BCUT2D eigenvalue weighted by molar-refractivity contribution is 6.31. The molecule has 2 rings (SSSR count). The zero-order chi connectivity index (χ0) is 12.1. The second-order valence-electron chi connectivity index (χ2n) is 3.88. The van der Waals surface area contributed by atoms with Crippen LogP contribution >= 0.6 is 11.6 Å². The fourth-order valence-corrected chi connectivity index (χ4v) is 1.99. The summed E-state index contributed by atoms with van der Waals surface area (Å²) >= 11 is 5.94. The van der Waals surface area contributed by atoms with Crippen molar-refractivity contribution in [2.24, 2.45) is 0 Å². The predicted molar refractivity (Wildman–Crippen MR) is 71.5 cm³/mol. The van der Waals surface area contributed by atoms with Gasteiger partial charge in [0.2, 0.25) is 0 Å². The zero-order valence-electron chi connectivity index (χ0n) is 9.92. The highest BCUT2D eigenvalue weighted by atomic mass is 35.5. The van der Waals surface area contributed by atoms with E-state index in [0.29, 0.717) is 0 Å². The average Bonchev–Trinajstić information content (AvgIpc) is 2.71. The quantitative estimate of drug-likeness (QED) is 0.776. The number of halogens is 1. The lowest BCUT2D eigenvalue weighted by Gasteiger charge is -2.04. The Morgan fingerprint density at radius 1 is 1.41 bits per heavy atom. The van der Waals surface area contributed by atoms with Gasteiger partial charge in [-0.05, 0) is 24.6 Å². The standard InChI is InChI=1S/C13H17ClN2O/c1-2-17-6-5-15-8-10-9-16-13-7-11(14)3-4-12(10)13/h3-4,7,9,15-16H,2,5-6,8H2,1H3. The van der Waals surface area contributed by atoms with Crippen LogP contribution in [0.4, 0.5) is 0 Å². The van der Waals surface area contributed by atoms with E-state index in [1.165, 1.54) is 10.9 Å². The first-order valence-electron chi connectivity index (χ1n) is 5.85. The van der Waals surface area contributed by atoms with Crippen LogP contribution in [0.3, 0.4) is 0 Å². The molecule has 2 aromatic rings. The van der Waals surface area contributed by atoms with Crippen molar-refractivity contribution >= 4 is 22.5 Å². The average molecular weight is 253 g/mol. The van der Waals surface area contributed by atoms with Gasteiger partial charge in [-0.1, -0.05) is 17.7 Å². The van der Waals surface area contributed by atoms with Crippen LogP contribution in [0.5, 0.6) is 0 Å². The van der Waals surface area contributed by atoms with E-state index in [2.05, 4.69) is 10.3 Å². The van der Waals surface area contributed by atoms with Crippen LogP contribution in [0, 0.1) is 0 Å². The van der Waals surface area contributed by atoms with E-state index in [4.69, 9.17) is 16.3 Å². The number of H-pyrrole nitrogens is 1. The molecule has 2 N–H and O–H groups in total. The van der Waals surface area contributed by atoms with Gasteiger partial charge in [0.1, 0.15) is 0 Å². The van der Waals surface area contributed by atoms with Gasteiger partial charge in [-0.2, -0.15) is 0 Å². The number of hydrogen-bond donors (Lipinski definition) is 2. The molecule has 0 saturated carbocycles. The minimum Gasteiger partial charge on any atom is -0.380 e. The fraction of sp³-hybridized carbons (Fsp3) is 0.385. The number of nitrogens with one attached hydrogen (secondary N) is 2. The Balaban J connectivity index is 1.95. The summed E-state index contributed by atoms with van der Waals surface area (Å²) in [5.41, 5.74) is 2.34. The van der Waals surface area contributed by atoms with E-state index in [1.807, 2.05) is 31.3 Å². The maximum atomic E-state index is 5.94. The molecule has 4 heteroatoms. The van der Waals surface area contributed by atoms with E-state index in [1.54, 1.807) is 0 Å². The molecule has 0 bridgehead atoms. The molecular weight excluding hydrogens is 236 g/mol. The molecule has 0 aliphatic heterocycles. The molecule has 0 fully saturated rings. The number of benzene rings is 1. The number of fused-ring (bicyclic) bond motifs is 1. The maximum absolute atomic E-state index is 5.94. The molecule has 0 aliphatic carbocycles. The number of ether oxygens (including phenoxy) is 1. The van der Waals surface area contributed by atoms with Crippen LogP contribution < -0.4 is 5.32 Å². The van der Waals surface area contributed by atoms with Crippen LogP contribution in [-0.4, -0.2) is 24.7 Å². The third kappa shape index (κ3) is 3.22. The summed E-state index contributed by atoms with van der Waals surface area (Å²) < 4.78 is 5.27. The molecule has 0 spiro atoms. The summed E-state index contributed by atoms with van der Waals surface area (Å²) in [5, 5.41) is 5.33. The van der Waals surface area contributed by atoms with Crippen molar-refractivity contribution in [3.05, 3.63) is 35.0 Å². The molecule has 0 amide bonds. The van der Waals surface area contributed by atoms with E-state index in [9.17, 15) is 0 Å². The Labute approximate surface area is 106 Å². The smallest absolute Gasteiger partial charge is 0.0590 e. The van der Waals surface area contributed by atoms with Crippen LogP contribution in [-0.2, 0) is 11.3 Å². The van der Waals surface area contributed by atoms with Gasteiger partial charge in [0.25, 0.3) is 0 Å². The summed E-state index contributed by atoms with van der Waals surface area (Å²) in [5.74, 6) is 0. The highest BCUT2D eigenvalue weighted by Gasteiger charge is 2.03. The number of hydrogen-bond acceptors (Lipinski definition) is 2. The Bertz CT molecular complexity index is 481. The topological polar surface area (TPSA) is 37.0 Å². The van der Waals surface area contributed by atoms with Gasteiger partial charge < -0.3 is 15.0 Å². The molecule has 0 aliphatic rings. The summed E-state index contributed by atoms with van der Waals surface area (Å²) in [4.78, 5) is 3.23. The van der Waals surface area contributed by atoms with Crippen LogP contribution in [0.1, 0.15) is 12.5 Å². The Morgan fingerprint density at radius 3 is 3.12 bits per heavy atom. The second-order valence-corrected chi connectivity index (χ2v) is 4.31. The van der Waals surface area contributed by atoms with Gasteiger partial charge in [-0.15, -0.1) is 0 Å². The monoisotopic (exact) mass is 252 g/mol. The third-order valence-electron chi connectivity index (χ3n) is 2.67. The molecule has 0 unspecified atom stereocenters. The first-order chi connectivity index (χ1) is 8.31. The van der Waals surface area contributed by atoms with Crippen molar-refractivity contribution in [2.45, 2.75) is 13.5 Å². The number of rotatable bonds is 6. The number of aromatic amines is 1. The van der Waals surface area contributed by atoms with Gasteiger partial charge in [-0.3, -0.25) is 0 Å². The largest absolute Gasteiger partial charge is 0.380 e. The van der Waals surface area contributed by atoms with Gasteiger partial charge in [0, 0.05) is 41.8 Å². The SMILES string of the molecule is CCOCCNCc1c[nH]c2cc(Cl)ccc12. The van der Waals surface area contributed by atoms with Gasteiger partial charge in [-0.25, -0.2) is 0 Å². The summed E-state index contributed by atoms with van der Waals surface area (Å²) in [6.07, 6.45) is 2.02. The van der Waals surface area contributed by atoms with Crippen molar-refractivity contribution in [1.29, 1.82) is 0 Å². The third-order valence-corrected chi connectivity index (χ3v) is 2.91. The highest BCUT2D eigenvalue weighted by Crippen LogP contribution is 2.21. The molecular formula is C13H17ClN2O. The van der Waals surface area contributed by atoms with Gasteiger partial charge in [0.15, 0.2) is 0 Å². The van der Waals surface area contributed by atoms with Crippen molar-refractivity contribution < 1.29 is 4.74 Å². The predicted octanol–water partition coefficient (Wildman–Crippen LogP) is 2.95. The molecule has 1 aromatic carbocycles. The van der Waals surface area contributed by atoms with Crippen LogP contribution in [0.15, 0.2) is 24.4 Å². The van der Waals surface area contributed by atoms with E-state index in [0.717, 1.165) is 36.8 Å². The minimum atomic E-state index is 0.755. The Morgan fingerprint density at radius 2 is 2.29 bits per heavy atom. The molecule has 1 heterocycles. The summed E-state index contributed by atoms with van der Waals surface area (Å²) in [7, 11) is 0. The fourth-order valence-electron chi connectivity index (χ4n) is 1.82. The van der Waals surface area contributed by atoms with E-state index < -0.39 is 0 Å².